The third-order valence-corrected chi connectivity index (χ3v) is 3.86. The lowest BCUT2D eigenvalue weighted by Crippen LogP contribution is -2.12. The van der Waals surface area contributed by atoms with Gasteiger partial charge >= 0.3 is 0 Å². The van der Waals surface area contributed by atoms with E-state index in [0.717, 1.165) is 4.47 Å². The number of benzene rings is 2. The van der Waals surface area contributed by atoms with Crippen LogP contribution in [0.5, 0.6) is 0 Å². The number of nitro groups is 1. The molecule has 0 unspecified atom stereocenters. The molecule has 7 nitrogen and oxygen atoms in total. The van der Waals surface area contributed by atoms with Crippen LogP contribution in [0.2, 0.25) is 0 Å². The fraction of sp³-hybridized carbons (Fsp3) is 0. The molecule has 0 fully saturated rings. The van der Waals surface area contributed by atoms with Crippen LogP contribution in [0.15, 0.2) is 65.4 Å². The van der Waals surface area contributed by atoms with E-state index >= 15 is 0 Å². The fourth-order valence-electron chi connectivity index (χ4n) is 2.09. The fourth-order valence-corrected chi connectivity index (χ4v) is 2.35. The van der Waals surface area contributed by atoms with Crippen molar-refractivity contribution >= 4 is 33.2 Å². The lowest BCUT2D eigenvalue weighted by Gasteiger charge is -2.06. The number of hydrogen-bond donors (Lipinski definition) is 1. The Morgan fingerprint density at radius 1 is 1.08 bits per heavy atom. The standard InChI is InChI=1S/C17H11BrN4O3/c18-13-4-6-14(7-5-13)21-17(23)12-9-19-16(20-10-12)11-2-1-3-15(8-11)22(24)25/h1-10H,(H,21,23). The number of non-ortho nitro benzene ring substituents is 1. The quantitative estimate of drug-likeness (QED) is 0.527. The van der Waals surface area contributed by atoms with Gasteiger partial charge in [-0.3, -0.25) is 14.9 Å². The number of anilines is 1. The van der Waals surface area contributed by atoms with Gasteiger partial charge in [-0.15, -0.1) is 0 Å². The minimum atomic E-state index is -0.483. The molecule has 124 valence electrons. The predicted molar refractivity (Wildman–Crippen MR) is 96.2 cm³/mol. The average molecular weight is 399 g/mol. The van der Waals surface area contributed by atoms with Crippen molar-refractivity contribution in [2.75, 3.05) is 5.32 Å². The molecule has 0 aliphatic rings. The van der Waals surface area contributed by atoms with Crippen LogP contribution in [0.4, 0.5) is 11.4 Å². The Morgan fingerprint density at radius 3 is 2.40 bits per heavy atom. The van der Waals surface area contributed by atoms with Crippen LogP contribution >= 0.6 is 15.9 Å². The van der Waals surface area contributed by atoms with Crippen molar-refractivity contribution in [1.29, 1.82) is 0 Å². The first kappa shape index (κ1) is 16.7. The Balaban J connectivity index is 1.77. The second-order valence-corrected chi connectivity index (χ2v) is 5.98. The van der Waals surface area contributed by atoms with Gasteiger partial charge in [0.05, 0.1) is 10.5 Å². The molecule has 2 aromatic carbocycles. The van der Waals surface area contributed by atoms with Gasteiger partial charge in [-0.1, -0.05) is 28.1 Å². The molecular weight excluding hydrogens is 388 g/mol. The van der Waals surface area contributed by atoms with Gasteiger partial charge < -0.3 is 5.32 Å². The first-order valence-corrected chi connectivity index (χ1v) is 7.96. The van der Waals surface area contributed by atoms with Crippen molar-refractivity contribution in [3.63, 3.8) is 0 Å². The normalized spacial score (nSPS) is 10.3. The van der Waals surface area contributed by atoms with E-state index in [1.807, 2.05) is 12.1 Å². The van der Waals surface area contributed by atoms with Crippen molar-refractivity contribution in [1.82, 2.24) is 9.97 Å². The number of nitro benzene ring substituents is 1. The molecule has 3 aromatic rings. The maximum Gasteiger partial charge on any atom is 0.270 e. The molecule has 0 saturated carbocycles. The Hall–Kier alpha value is -3.13. The molecule has 0 radical (unpaired) electrons. The van der Waals surface area contributed by atoms with Crippen LogP contribution in [0.1, 0.15) is 10.4 Å². The van der Waals surface area contributed by atoms with Crippen LogP contribution in [0, 0.1) is 10.1 Å². The molecule has 1 aromatic heterocycles. The molecule has 3 rings (SSSR count). The summed E-state index contributed by atoms with van der Waals surface area (Å²) >= 11 is 3.33. The smallest absolute Gasteiger partial charge is 0.270 e. The second kappa shape index (κ2) is 7.18. The van der Waals surface area contributed by atoms with Gasteiger partial charge in [0, 0.05) is 40.2 Å². The van der Waals surface area contributed by atoms with Crippen LogP contribution in [-0.4, -0.2) is 20.8 Å². The summed E-state index contributed by atoms with van der Waals surface area (Å²) in [6.07, 6.45) is 2.77. The Kier molecular flexibility index (Phi) is 4.80. The zero-order valence-electron chi connectivity index (χ0n) is 12.7. The lowest BCUT2D eigenvalue weighted by molar-refractivity contribution is -0.384. The third-order valence-electron chi connectivity index (χ3n) is 3.33. The highest BCUT2D eigenvalue weighted by Crippen LogP contribution is 2.21. The van der Waals surface area contributed by atoms with Crippen molar-refractivity contribution in [2.24, 2.45) is 0 Å². The second-order valence-electron chi connectivity index (χ2n) is 5.06. The van der Waals surface area contributed by atoms with E-state index in [2.05, 4.69) is 31.2 Å². The van der Waals surface area contributed by atoms with Gasteiger partial charge in [0.2, 0.25) is 0 Å². The predicted octanol–water partition coefficient (Wildman–Crippen LogP) is 4.07. The monoisotopic (exact) mass is 398 g/mol. The van der Waals surface area contributed by atoms with Gasteiger partial charge in [0.15, 0.2) is 5.82 Å². The minimum Gasteiger partial charge on any atom is -0.322 e. The third kappa shape index (κ3) is 4.04. The SMILES string of the molecule is O=C(Nc1ccc(Br)cc1)c1cnc(-c2cccc([N+](=O)[O-])c2)nc1. The average Bonchev–Trinajstić information content (AvgIpc) is 2.64. The van der Waals surface area contributed by atoms with Crippen molar-refractivity contribution in [2.45, 2.75) is 0 Å². The number of halogens is 1. The van der Waals surface area contributed by atoms with E-state index in [0.29, 0.717) is 17.1 Å². The molecule has 0 aliphatic carbocycles. The number of nitrogens with zero attached hydrogens (tertiary/aromatic N) is 3. The number of hydrogen-bond acceptors (Lipinski definition) is 5. The topological polar surface area (TPSA) is 98.0 Å². The number of amides is 1. The lowest BCUT2D eigenvalue weighted by atomic mass is 10.2. The zero-order valence-corrected chi connectivity index (χ0v) is 14.3. The summed E-state index contributed by atoms with van der Waals surface area (Å²) in [5, 5.41) is 13.6. The maximum absolute atomic E-state index is 12.2. The van der Waals surface area contributed by atoms with Gasteiger partial charge in [0.1, 0.15) is 0 Å². The Bertz CT molecular complexity index is 927. The Morgan fingerprint density at radius 2 is 1.76 bits per heavy atom. The number of carbonyl (C=O) groups is 1. The minimum absolute atomic E-state index is 0.0434. The molecule has 0 atom stereocenters. The molecule has 0 aliphatic heterocycles. The molecule has 0 spiro atoms. The highest BCUT2D eigenvalue weighted by molar-refractivity contribution is 9.10. The van der Waals surface area contributed by atoms with E-state index in [4.69, 9.17) is 0 Å². The van der Waals surface area contributed by atoms with E-state index in [1.54, 1.807) is 24.3 Å². The molecule has 1 N–H and O–H groups in total. The summed E-state index contributed by atoms with van der Waals surface area (Å²) in [6.45, 7) is 0. The first-order chi connectivity index (χ1) is 12.0. The van der Waals surface area contributed by atoms with Gasteiger partial charge in [-0.25, -0.2) is 9.97 Å². The summed E-state index contributed by atoms with van der Waals surface area (Å²) in [5.74, 6) is -0.0307. The van der Waals surface area contributed by atoms with Crippen LogP contribution in [0.25, 0.3) is 11.4 Å². The number of rotatable bonds is 4. The first-order valence-electron chi connectivity index (χ1n) is 7.17. The van der Waals surface area contributed by atoms with Crippen LogP contribution < -0.4 is 5.32 Å². The van der Waals surface area contributed by atoms with Crippen molar-refractivity contribution in [3.05, 3.63) is 81.1 Å². The number of aromatic nitrogens is 2. The molecule has 0 saturated heterocycles. The van der Waals surface area contributed by atoms with Crippen LogP contribution in [-0.2, 0) is 0 Å². The summed E-state index contributed by atoms with van der Waals surface area (Å²) in [6, 6.07) is 13.2. The summed E-state index contributed by atoms with van der Waals surface area (Å²) in [4.78, 5) is 30.8. The van der Waals surface area contributed by atoms with Gasteiger partial charge in [-0.05, 0) is 24.3 Å². The van der Waals surface area contributed by atoms with Crippen molar-refractivity contribution < 1.29 is 9.72 Å². The highest BCUT2D eigenvalue weighted by atomic mass is 79.9. The van der Waals surface area contributed by atoms with E-state index in [9.17, 15) is 14.9 Å². The van der Waals surface area contributed by atoms with E-state index in [-0.39, 0.29) is 17.2 Å². The van der Waals surface area contributed by atoms with Gasteiger partial charge in [-0.2, -0.15) is 0 Å². The molecule has 1 heterocycles. The highest BCUT2D eigenvalue weighted by Gasteiger charge is 2.11. The number of carbonyl (C=O) groups excluding carboxylic acids is 1. The van der Waals surface area contributed by atoms with Crippen LogP contribution in [0.3, 0.4) is 0 Å². The summed E-state index contributed by atoms with van der Waals surface area (Å²) < 4.78 is 0.912. The largest absolute Gasteiger partial charge is 0.322 e. The Labute approximate surface area is 151 Å². The van der Waals surface area contributed by atoms with Gasteiger partial charge in [0.25, 0.3) is 11.6 Å². The van der Waals surface area contributed by atoms with E-state index < -0.39 is 4.92 Å². The molecule has 0 bridgehead atoms. The van der Waals surface area contributed by atoms with E-state index in [1.165, 1.54) is 24.5 Å². The zero-order chi connectivity index (χ0) is 17.8. The molecule has 8 heteroatoms. The molecular formula is C17H11BrN4O3. The van der Waals surface area contributed by atoms with Crippen molar-refractivity contribution in [3.8, 4) is 11.4 Å². The molecule has 1 amide bonds. The summed E-state index contributed by atoms with van der Waals surface area (Å²) in [7, 11) is 0. The maximum atomic E-state index is 12.2. The molecule has 25 heavy (non-hydrogen) atoms. The summed E-state index contributed by atoms with van der Waals surface area (Å²) in [5.41, 5.74) is 1.40. The number of nitrogens with one attached hydrogen (secondary N) is 1.